The molecule has 4 nitrogen and oxygen atoms in total. The maximum absolute atomic E-state index is 11.6. The maximum atomic E-state index is 11.6. The summed E-state index contributed by atoms with van der Waals surface area (Å²) in [6.07, 6.45) is 23.5. The molecule has 0 atom stereocenters. The van der Waals surface area contributed by atoms with Crippen LogP contribution in [-0.4, -0.2) is 11.9 Å². The molecule has 0 heterocycles. The van der Waals surface area contributed by atoms with Gasteiger partial charge < -0.3 is 0 Å². The number of unbranched alkanes of at least 4 members (excludes halogenated alkanes) is 11. The molecule has 0 aliphatic heterocycles. The zero-order chi connectivity index (χ0) is 22.4. The van der Waals surface area contributed by atoms with E-state index in [2.05, 4.69) is 28.9 Å². The van der Waals surface area contributed by atoms with Crippen molar-refractivity contribution in [3.8, 4) is 0 Å². The van der Waals surface area contributed by atoms with Crippen LogP contribution in [0.4, 0.5) is 0 Å². The molecule has 1 aromatic rings. The Hall–Kier alpha value is -2.36. The molecule has 0 spiro atoms. The lowest BCUT2D eigenvalue weighted by Crippen LogP contribution is -2.09. The predicted octanol–water partition coefficient (Wildman–Crippen LogP) is 7.74. The number of hydrogen-bond acceptors (Lipinski definition) is 4. The number of rotatable bonds is 17. The second-order valence-electron chi connectivity index (χ2n) is 7.94. The summed E-state index contributed by atoms with van der Waals surface area (Å²) in [5.74, 6) is -1.19. The number of benzene rings is 1. The highest BCUT2D eigenvalue weighted by molar-refractivity contribution is 5.87. The van der Waals surface area contributed by atoms with Crippen molar-refractivity contribution in [2.75, 3.05) is 0 Å². The van der Waals surface area contributed by atoms with Crippen LogP contribution in [0.2, 0.25) is 0 Å². The smallest absolute Gasteiger partial charge is 0.247 e. The van der Waals surface area contributed by atoms with Crippen molar-refractivity contribution in [3.63, 3.8) is 0 Å². The van der Waals surface area contributed by atoms with Crippen molar-refractivity contribution in [2.24, 2.45) is 0 Å². The zero-order valence-corrected chi connectivity index (χ0v) is 19.2. The Balaban J connectivity index is 1.89. The first-order chi connectivity index (χ1) is 15.2. The Labute approximate surface area is 188 Å². The van der Waals surface area contributed by atoms with Gasteiger partial charge in [-0.15, -0.1) is 0 Å². The molecule has 0 aliphatic rings. The summed E-state index contributed by atoms with van der Waals surface area (Å²) in [5, 5.41) is 0. The van der Waals surface area contributed by atoms with E-state index in [4.69, 9.17) is 0 Å². The molecule has 4 heteroatoms. The van der Waals surface area contributed by atoms with Gasteiger partial charge in [0.2, 0.25) is 0 Å². The Morgan fingerprint density at radius 3 is 1.97 bits per heavy atom. The molecule has 0 bridgehead atoms. The third-order valence-electron chi connectivity index (χ3n) is 5.07. The first kappa shape index (κ1) is 26.7. The average molecular weight is 429 g/mol. The Morgan fingerprint density at radius 2 is 1.32 bits per heavy atom. The van der Waals surface area contributed by atoms with Gasteiger partial charge in [0.15, 0.2) is 0 Å². The topological polar surface area (TPSA) is 52.6 Å². The summed E-state index contributed by atoms with van der Waals surface area (Å²) in [6, 6.07) is 9.37. The highest BCUT2D eigenvalue weighted by Gasteiger charge is 2.07. The molecule has 0 unspecified atom stereocenters. The van der Waals surface area contributed by atoms with E-state index in [9.17, 15) is 9.59 Å². The number of carbonyl (C=O) groups is 2. The van der Waals surface area contributed by atoms with E-state index >= 15 is 0 Å². The van der Waals surface area contributed by atoms with Crippen molar-refractivity contribution >= 4 is 18.0 Å². The molecule has 31 heavy (non-hydrogen) atoms. The van der Waals surface area contributed by atoms with Crippen LogP contribution in [0.5, 0.6) is 0 Å². The van der Waals surface area contributed by atoms with E-state index in [0.29, 0.717) is 0 Å². The fourth-order valence-electron chi connectivity index (χ4n) is 3.23. The van der Waals surface area contributed by atoms with Gasteiger partial charge in [-0.05, 0) is 43.7 Å². The quantitative estimate of drug-likeness (QED) is 0.0837. The summed E-state index contributed by atoms with van der Waals surface area (Å²) in [7, 11) is 0. The summed E-state index contributed by atoms with van der Waals surface area (Å²) in [5.41, 5.74) is 0.874. The van der Waals surface area contributed by atoms with E-state index in [0.717, 1.165) is 31.2 Å². The van der Waals surface area contributed by atoms with Gasteiger partial charge >= 0.3 is 11.9 Å². The molecule has 1 rings (SSSR count). The lowest BCUT2D eigenvalue weighted by Gasteiger charge is -2.02. The van der Waals surface area contributed by atoms with Crippen molar-refractivity contribution in [1.82, 2.24) is 0 Å². The number of hydrogen-bond donors (Lipinski definition) is 0. The fraction of sp³-hybridized carbons (Fsp3) is 0.556. The molecule has 0 aromatic heterocycles. The van der Waals surface area contributed by atoms with E-state index < -0.39 is 11.9 Å². The zero-order valence-electron chi connectivity index (χ0n) is 19.2. The first-order valence-corrected chi connectivity index (χ1v) is 12.0. The minimum Gasteiger partial charge on any atom is -0.247 e. The molecule has 0 amide bonds. The molecule has 0 saturated heterocycles. The highest BCUT2D eigenvalue weighted by Crippen LogP contribution is 2.10. The SMILES string of the molecule is CCCCCCCC/C=C\CCCCCCCC(=O)OOC(=O)/C=C/c1ccccc1. The Kier molecular flexibility index (Phi) is 16.9. The highest BCUT2D eigenvalue weighted by atomic mass is 17.2. The number of allylic oxidation sites excluding steroid dienone is 2. The normalized spacial score (nSPS) is 11.3. The molecular weight excluding hydrogens is 388 g/mol. The summed E-state index contributed by atoms with van der Waals surface area (Å²) in [4.78, 5) is 32.2. The van der Waals surface area contributed by atoms with E-state index in [-0.39, 0.29) is 6.42 Å². The van der Waals surface area contributed by atoms with Gasteiger partial charge in [-0.25, -0.2) is 19.4 Å². The van der Waals surface area contributed by atoms with Gasteiger partial charge in [0, 0.05) is 6.08 Å². The van der Waals surface area contributed by atoms with Crippen LogP contribution in [0.1, 0.15) is 102 Å². The molecule has 0 N–H and O–H groups in total. The summed E-state index contributed by atoms with van der Waals surface area (Å²) >= 11 is 0. The fourth-order valence-corrected chi connectivity index (χ4v) is 3.23. The van der Waals surface area contributed by atoms with E-state index in [1.54, 1.807) is 6.08 Å². The Morgan fingerprint density at radius 1 is 0.742 bits per heavy atom. The molecule has 0 radical (unpaired) electrons. The van der Waals surface area contributed by atoms with Crippen LogP contribution in [0, 0.1) is 0 Å². The molecule has 0 fully saturated rings. The molecule has 1 aromatic carbocycles. The summed E-state index contributed by atoms with van der Waals surface area (Å²) in [6.45, 7) is 2.25. The minimum atomic E-state index is -0.693. The van der Waals surface area contributed by atoms with Gasteiger partial charge in [-0.3, -0.25) is 0 Å². The number of carbonyl (C=O) groups excluding carboxylic acids is 2. The molecule has 0 saturated carbocycles. The molecule has 172 valence electrons. The second kappa shape index (κ2) is 19.6. The maximum Gasteiger partial charge on any atom is 0.379 e. The largest absolute Gasteiger partial charge is 0.379 e. The van der Waals surface area contributed by atoms with Gasteiger partial charge in [-0.1, -0.05) is 101 Å². The average Bonchev–Trinajstić information content (AvgIpc) is 2.79. The van der Waals surface area contributed by atoms with Crippen LogP contribution >= 0.6 is 0 Å². The van der Waals surface area contributed by atoms with Crippen LogP contribution in [0.3, 0.4) is 0 Å². The standard InChI is InChI=1S/C27H40O4/c1-2-3-4-5-6-7-8-9-10-11-12-13-14-15-19-22-26(28)30-31-27(29)24-23-25-20-17-16-18-21-25/h9-10,16-18,20-21,23-24H,2-8,11-15,19,22H2,1H3/b10-9-,24-23+. The van der Waals surface area contributed by atoms with Gasteiger partial charge in [0.05, 0.1) is 6.42 Å². The lowest BCUT2D eigenvalue weighted by atomic mass is 10.1. The van der Waals surface area contributed by atoms with Crippen LogP contribution in [0.25, 0.3) is 6.08 Å². The van der Waals surface area contributed by atoms with Crippen molar-refractivity contribution in [3.05, 3.63) is 54.1 Å². The van der Waals surface area contributed by atoms with Crippen molar-refractivity contribution < 1.29 is 19.4 Å². The third kappa shape index (κ3) is 17.1. The monoisotopic (exact) mass is 428 g/mol. The van der Waals surface area contributed by atoms with Gasteiger partial charge in [0.1, 0.15) is 0 Å². The van der Waals surface area contributed by atoms with Crippen molar-refractivity contribution in [2.45, 2.75) is 96.8 Å². The lowest BCUT2D eigenvalue weighted by molar-refractivity contribution is -0.254. The van der Waals surface area contributed by atoms with E-state index in [1.165, 1.54) is 63.9 Å². The van der Waals surface area contributed by atoms with Crippen LogP contribution in [-0.2, 0) is 19.4 Å². The van der Waals surface area contributed by atoms with E-state index in [1.807, 2.05) is 30.3 Å². The predicted molar refractivity (Wildman–Crippen MR) is 127 cm³/mol. The van der Waals surface area contributed by atoms with Crippen LogP contribution < -0.4 is 0 Å². The van der Waals surface area contributed by atoms with Gasteiger partial charge in [-0.2, -0.15) is 0 Å². The first-order valence-electron chi connectivity index (χ1n) is 12.0. The molecular formula is C27H40O4. The van der Waals surface area contributed by atoms with Crippen LogP contribution in [0.15, 0.2) is 48.6 Å². The second-order valence-corrected chi connectivity index (χ2v) is 7.94. The minimum absolute atomic E-state index is 0.272. The third-order valence-corrected chi connectivity index (χ3v) is 5.07. The van der Waals surface area contributed by atoms with Crippen molar-refractivity contribution in [1.29, 1.82) is 0 Å². The summed E-state index contributed by atoms with van der Waals surface area (Å²) < 4.78 is 0. The van der Waals surface area contributed by atoms with Gasteiger partial charge in [0.25, 0.3) is 0 Å². The Bertz CT molecular complexity index is 634. The molecule has 0 aliphatic carbocycles.